The Bertz CT molecular complexity index is 312. The number of ether oxygens (including phenoxy) is 1. The van der Waals surface area contributed by atoms with E-state index in [1.807, 2.05) is 4.90 Å². The fraction of sp³-hybridized carbons (Fsp3) is 0.786. The second-order valence-corrected chi connectivity index (χ2v) is 5.09. The summed E-state index contributed by atoms with van der Waals surface area (Å²) in [5.74, 6) is 2.45. The van der Waals surface area contributed by atoms with Gasteiger partial charge in [0.2, 0.25) is 0 Å². The van der Waals surface area contributed by atoms with E-state index in [2.05, 4.69) is 11.2 Å². The highest BCUT2D eigenvalue weighted by Gasteiger charge is 2.29. The number of terminal acetylenes is 1. The van der Waals surface area contributed by atoms with E-state index in [9.17, 15) is 4.79 Å². The molecular weight excluding hydrogens is 228 g/mol. The molecule has 0 aromatic rings. The molecule has 0 radical (unpaired) electrons. The van der Waals surface area contributed by atoms with Gasteiger partial charge in [0.15, 0.2) is 0 Å². The molecule has 0 aromatic heterocycles. The molecule has 2 amide bonds. The zero-order valence-corrected chi connectivity index (χ0v) is 10.9. The average Bonchev–Trinajstić information content (AvgIpc) is 3.05. The summed E-state index contributed by atoms with van der Waals surface area (Å²) in [6.07, 6.45) is 12.2. The fourth-order valence-corrected chi connectivity index (χ4v) is 2.85. The predicted molar refractivity (Wildman–Crippen MR) is 70.2 cm³/mol. The highest BCUT2D eigenvalue weighted by atomic mass is 16.5. The van der Waals surface area contributed by atoms with Crippen LogP contribution in [0.1, 0.15) is 38.5 Å². The van der Waals surface area contributed by atoms with Gasteiger partial charge in [0.1, 0.15) is 0 Å². The summed E-state index contributed by atoms with van der Waals surface area (Å²) in [6.45, 7) is 1.84. The van der Waals surface area contributed by atoms with Gasteiger partial charge >= 0.3 is 6.03 Å². The molecular formula is C14H22N2O2. The SMILES string of the molecule is C#CCNC(=O)N(C[C@H]1CCCO1)C1CCCC1. The lowest BCUT2D eigenvalue weighted by atomic mass is 10.1. The molecule has 4 heteroatoms. The first-order valence-corrected chi connectivity index (χ1v) is 6.91. The smallest absolute Gasteiger partial charge is 0.318 e. The summed E-state index contributed by atoms with van der Waals surface area (Å²) >= 11 is 0. The number of amides is 2. The molecule has 1 atom stereocenters. The molecule has 4 nitrogen and oxygen atoms in total. The van der Waals surface area contributed by atoms with Crippen molar-refractivity contribution in [3.8, 4) is 12.3 Å². The summed E-state index contributed by atoms with van der Waals surface area (Å²) in [7, 11) is 0. The van der Waals surface area contributed by atoms with Crippen molar-refractivity contribution in [3.63, 3.8) is 0 Å². The molecule has 0 aromatic carbocycles. The molecule has 18 heavy (non-hydrogen) atoms. The lowest BCUT2D eigenvalue weighted by molar-refractivity contribution is 0.0702. The van der Waals surface area contributed by atoms with Gasteiger partial charge in [-0.3, -0.25) is 0 Å². The molecule has 1 saturated carbocycles. The molecule has 0 bridgehead atoms. The topological polar surface area (TPSA) is 41.6 Å². The van der Waals surface area contributed by atoms with E-state index in [-0.39, 0.29) is 12.1 Å². The molecule has 1 heterocycles. The van der Waals surface area contributed by atoms with Gasteiger partial charge in [-0.2, -0.15) is 0 Å². The Balaban J connectivity index is 1.92. The molecule has 1 aliphatic carbocycles. The number of urea groups is 1. The van der Waals surface area contributed by atoms with Crippen LogP contribution in [0.15, 0.2) is 0 Å². The maximum Gasteiger partial charge on any atom is 0.318 e. The standard InChI is InChI=1S/C14H22N2O2/c1-2-9-15-14(17)16(12-6-3-4-7-12)11-13-8-5-10-18-13/h1,12-13H,3-11H2,(H,15,17)/t13-/m1/s1. The number of carbonyl (C=O) groups is 1. The molecule has 2 aliphatic rings. The Labute approximate surface area is 109 Å². The van der Waals surface area contributed by atoms with Crippen molar-refractivity contribution in [2.75, 3.05) is 19.7 Å². The second kappa shape index (κ2) is 6.65. The number of carbonyl (C=O) groups excluding carboxylic acids is 1. The quantitative estimate of drug-likeness (QED) is 0.772. The predicted octanol–water partition coefficient (Wildman–Crippen LogP) is 1.75. The number of nitrogens with one attached hydrogen (secondary N) is 1. The van der Waals surface area contributed by atoms with Crippen molar-refractivity contribution in [2.24, 2.45) is 0 Å². The second-order valence-electron chi connectivity index (χ2n) is 5.09. The summed E-state index contributed by atoms with van der Waals surface area (Å²) < 4.78 is 5.64. The van der Waals surface area contributed by atoms with E-state index in [1.54, 1.807) is 0 Å². The lowest BCUT2D eigenvalue weighted by Crippen LogP contribution is -2.48. The Hall–Kier alpha value is -1.21. The van der Waals surface area contributed by atoms with Crippen molar-refractivity contribution in [1.29, 1.82) is 0 Å². The van der Waals surface area contributed by atoms with Crippen LogP contribution < -0.4 is 5.32 Å². The molecule has 1 saturated heterocycles. The first-order valence-electron chi connectivity index (χ1n) is 6.91. The zero-order valence-electron chi connectivity index (χ0n) is 10.9. The first-order chi connectivity index (χ1) is 8.81. The Morgan fingerprint density at radius 1 is 1.33 bits per heavy atom. The van der Waals surface area contributed by atoms with E-state index < -0.39 is 0 Å². The van der Waals surface area contributed by atoms with Gasteiger partial charge in [-0.25, -0.2) is 4.79 Å². The summed E-state index contributed by atoms with van der Waals surface area (Å²) in [5, 5.41) is 2.78. The molecule has 0 unspecified atom stereocenters. The van der Waals surface area contributed by atoms with Crippen LogP contribution >= 0.6 is 0 Å². The van der Waals surface area contributed by atoms with Crippen LogP contribution in [0.4, 0.5) is 4.79 Å². The third-order valence-electron chi connectivity index (χ3n) is 3.79. The van der Waals surface area contributed by atoms with Crippen molar-refractivity contribution < 1.29 is 9.53 Å². The number of hydrogen-bond acceptors (Lipinski definition) is 2. The minimum atomic E-state index is -0.0321. The fourth-order valence-electron chi connectivity index (χ4n) is 2.85. The molecule has 1 N–H and O–H groups in total. The van der Waals surface area contributed by atoms with Gasteiger partial charge < -0.3 is 15.0 Å². The monoisotopic (exact) mass is 250 g/mol. The average molecular weight is 250 g/mol. The number of rotatable bonds is 4. The van der Waals surface area contributed by atoms with Gasteiger partial charge in [-0.15, -0.1) is 6.42 Å². The number of nitrogens with zero attached hydrogens (tertiary/aromatic N) is 1. The third-order valence-corrected chi connectivity index (χ3v) is 3.79. The highest BCUT2D eigenvalue weighted by molar-refractivity contribution is 5.74. The van der Waals surface area contributed by atoms with Crippen molar-refractivity contribution >= 4 is 6.03 Å². The van der Waals surface area contributed by atoms with Crippen LogP contribution in [0, 0.1) is 12.3 Å². The molecule has 1 aliphatic heterocycles. The summed E-state index contributed by atoms with van der Waals surface area (Å²) in [4.78, 5) is 14.1. The summed E-state index contributed by atoms with van der Waals surface area (Å²) in [5.41, 5.74) is 0. The Morgan fingerprint density at radius 2 is 2.11 bits per heavy atom. The maximum atomic E-state index is 12.1. The van der Waals surface area contributed by atoms with E-state index in [1.165, 1.54) is 12.8 Å². The normalized spacial score (nSPS) is 23.8. The van der Waals surface area contributed by atoms with Crippen LogP contribution in [-0.4, -0.2) is 42.8 Å². The minimum Gasteiger partial charge on any atom is -0.376 e. The van der Waals surface area contributed by atoms with E-state index in [0.717, 1.165) is 32.3 Å². The molecule has 2 rings (SSSR count). The van der Waals surface area contributed by atoms with Gasteiger partial charge in [0.05, 0.1) is 12.6 Å². The Morgan fingerprint density at radius 3 is 2.72 bits per heavy atom. The number of hydrogen-bond donors (Lipinski definition) is 1. The maximum absolute atomic E-state index is 12.1. The van der Waals surface area contributed by atoms with Crippen LogP contribution in [0.2, 0.25) is 0 Å². The van der Waals surface area contributed by atoms with Crippen LogP contribution in [-0.2, 0) is 4.74 Å². The highest BCUT2D eigenvalue weighted by Crippen LogP contribution is 2.25. The molecule has 2 fully saturated rings. The summed E-state index contributed by atoms with van der Waals surface area (Å²) in [6, 6.07) is 0.335. The van der Waals surface area contributed by atoms with Gasteiger partial charge in [-0.05, 0) is 25.7 Å². The van der Waals surface area contributed by atoms with Crippen LogP contribution in [0.3, 0.4) is 0 Å². The van der Waals surface area contributed by atoms with Gasteiger partial charge in [0, 0.05) is 19.2 Å². The lowest BCUT2D eigenvalue weighted by Gasteiger charge is -2.30. The zero-order chi connectivity index (χ0) is 12.8. The third kappa shape index (κ3) is 3.39. The van der Waals surface area contributed by atoms with Gasteiger partial charge in [-0.1, -0.05) is 18.8 Å². The van der Waals surface area contributed by atoms with E-state index in [0.29, 0.717) is 19.1 Å². The van der Waals surface area contributed by atoms with E-state index >= 15 is 0 Å². The van der Waals surface area contributed by atoms with Crippen molar-refractivity contribution in [2.45, 2.75) is 50.7 Å². The van der Waals surface area contributed by atoms with Crippen molar-refractivity contribution in [1.82, 2.24) is 10.2 Å². The van der Waals surface area contributed by atoms with Crippen LogP contribution in [0.25, 0.3) is 0 Å². The molecule has 100 valence electrons. The Kier molecular flexibility index (Phi) is 4.89. The minimum absolute atomic E-state index is 0.0321. The molecule has 0 spiro atoms. The van der Waals surface area contributed by atoms with Crippen LogP contribution in [0.5, 0.6) is 0 Å². The van der Waals surface area contributed by atoms with Gasteiger partial charge in [0.25, 0.3) is 0 Å². The largest absolute Gasteiger partial charge is 0.376 e. The van der Waals surface area contributed by atoms with Crippen molar-refractivity contribution in [3.05, 3.63) is 0 Å². The first kappa shape index (κ1) is 13.2. The van der Waals surface area contributed by atoms with E-state index in [4.69, 9.17) is 11.2 Å².